The maximum Gasteiger partial charge on any atom is 0.213 e. The molecule has 1 N–H and O–H groups in total. The Morgan fingerprint density at radius 1 is 1.53 bits per heavy atom. The van der Waals surface area contributed by atoms with Crippen molar-refractivity contribution < 1.29 is 9.47 Å². The predicted molar refractivity (Wildman–Crippen MR) is 73.0 cm³/mol. The van der Waals surface area contributed by atoms with E-state index in [4.69, 9.17) is 9.47 Å². The van der Waals surface area contributed by atoms with Crippen LogP contribution >= 0.6 is 0 Å². The molecule has 1 aliphatic heterocycles. The van der Waals surface area contributed by atoms with Gasteiger partial charge in [0.05, 0.1) is 13.2 Å². The third-order valence-corrected chi connectivity index (χ3v) is 4.63. The van der Waals surface area contributed by atoms with E-state index in [2.05, 4.69) is 24.1 Å². The Kier molecular flexibility index (Phi) is 3.23. The Morgan fingerprint density at radius 3 is 3.16 bits per heavy atom. The van der Waals surface area contributed by atoms with Crippen molar-refractivity contribution >= 4 is 0 Å². The molecule has 0 amide bonds. The molecule has 1 aromatic heterocycles. The molecule has 0 aromatic carbocycles. The molecule has 3 rings (SSSR count). The van der Waals surface area contributed by atoms with Crippen molar-refractivity contribution in [3.05, 3.63) is 23.9 Å². The van der Waals surface area contributed by atoms with Gasteiger partial charge < -0.3 is 14.8 Å². The quantitative estimate of drug-likeness (QED) is 0.901. The number of pyridine rings is 1. The average molecular weight is 262 g/mol. The van der Waals surface area contributed by atoms with Crippen LogP contribution in [0.25, 0.3) is 0 Å². The number of rotatable bonds is 4. The number of nitrogens with zero attached hydrogens (tertiary/aromatic N) is 1. The minimum Gasteiger partial charge on any atom is -0.481 e. The van der Waals surface area contributed by atoms with Gasteiger partial charge in [0.15, 0.2) is 0 Å². The van der Waals surface area contributed by atoms with E-state index >= 15 is 0 Å². The number of nitrogens with one attached hydrogen (secondary N) is 1. The molecule has 1 saturated heterocycles. The first kappa shape index (κ1) is 12.9. The molecule has 4 nitrogen and oxygen atoms in total. The minimum absolute atomic E-state index is 0.234. The summed E-state index contributed by atoms with van der Waals surface area (Å²) >= 11 is 0. The molecule has 0 radical (unpaired) electrons. The van der Waals surface area contributed by atoms with Gasteiger partial charge in [-0.2, -0.15) is 0 Å². The van der Waals surface area contributed by atoms with Crippen LogP contribution in [-0.2, 0) is 11.3 Å². The van der Waals surface area contributed by atoms with Crippen LogP contribution in [0.3, 0.4) is 0 Å². The van der Waals surface area contributed by atoms with E-state index in [1.54, 1.807) is 13.3 Å². The lowest BCUT2D eigenvalue weighted by Crippen LogP contribution is -2.65. The van der Waals surface area contributed by atoms with Gasteiger partial charge in [0, 0.05) is 42.8 Å². The van der Waals surface area contributed by atoms with Gasteiger partial charge in [-0.15, -0.1) is 0 Å². The molecule has 2 heterocycles. The fourth-order valence-corrected chi connectivity index (χ4v) is 3.64. The number of methoxy groups -OCH3 is 1. The normalized spacial score (nSPS) is 31.6. The monoisotopic (exact) mass is 262 g/mol. The molecule has 3 unspecified atom stereocenters. The maximum atomic E-state index is 5.82. The fourth-order valence-electron chi connectivity index (χ4n) is 3.64. The molecule has 104 valence electrons. The van der Waals surface area contributed by atoms with Crippen LogP contribution in [0.4, 0.5) is 0 Å². The fraction of sp³-hybridized carbons (Fsp3) is 0.667. The second-order valence-corrected chi connectivity index (χ2v) is 6.13. The summed E-state index contributed by atoms with van der Waals surface area (Å²) in [6.07, 6.45) is 3.42. The highest BCUT2D eigenvalue weighted by atomic mass is 16.5. The molecule has 1 aliphatic carbocycles. The summed E-state index contributed by atoms with van der Waals surface area (Å²) in [5, 5.41) is 3.69. The Morgan fingerprint density at radius 2 is 2.37 bits per heavy atom. The van der Waals surface area contributed by atoms with Crippen molar-refractivity contribution in [2.45, 2.75) is 39.0 Å². The van der Waals surface area contributed by atoms with Gasteiger partial charge in [-0.1, -0.05) is 13.8 Å². The van der Waals surface area contributed by atoms with Gasteiger partial charge >= 0.3 is 0 Å². The molecule has 1 aromatic rings. The molecule has 1 saturated carbocycles. The second kappa shape index (κ2) is 4.76. The highest BCUT2D eigenvalue weighted by molar-refractivity contribution is 5.21. The Bertz CT molecular complexity index is 461. The lowest BCUT2D eigenvalue weighted by molar-refractivity contribution is -0.113. The van der Waals surface area contributed by atoms with Gasteiger partial charge in [0.2, 0.25) is 5.88 Å². The van der Waals surface area contributed by atoms with Gasteiger partial charge in [0.1, 0.15) is 0 Å². The molecular weight excluding hydrogens is 240 g/mol. The van der Waals surface area contributed by atoms with E-state index in [9.17, 15) is 0 Å². The Labute approximate surface area is 114 Å². The van der Waals surface area contributed by atoms with E-state index in [1.807, 2.05) is 12.1 Å². The molecule has 3 atom stereocenters. The first-order chi connectivity index (χ1) is 9.13. The lowest BCUT2D eigenvalue weighted by Gasteiger charge is -2.55. The molecule has 0 spiro atoms. The van der Waals surface area contributed by atoms with Crippen LogP contribution in [-0.4, -0.2) is 30.8 Å². The molecule has 2 fully saturated rings. The number of hydrogen-bond acceptors (Lipinski definition) is 4. The van der Waals surface area contributed by atoms with Gasteiger partial charge in [-0.25, -0.2) is 4.98 Å². The van der Waals surface area contributed by atoms with Crippen molar-refractivity contribution in [3.63, 3.8) is 0 Å². The molecule has 0 bridgehead atoms. The summed E-state index contributed by atoms with van der Waals surface area (Å²) in [5.41, 5.74) is 1.45. The number of hydrogen-bond donors (Lipinski definition) is 1. The highest BCUT2D eigenvalue weighted by Crippen LogP contribution is 2.52. The number of ether oxygens (including phenoxy) is 2. The van der Waals surface area contributed by atoms with Crippen molar-refractivity contribution in [1.29, 1.82) is 0 Å². The topological polar surface area (TPSA) is 43.4 Å². The van der Waals surface area contributed by atoms with Crippen LogP contribution in [0.1, 0.15) is 25.8 Å². The van der Waals surface area contributed by atoms with E-state index < -0.39 is 0 Å². The summed E-state index contributed by atoms with van der Waals surface area (Å²) in [5.74, 6) is 1.35. The van der Waals surface area contributed by atoms with Crippen LogP contribution in [0.2, 0.25) is 0 Å². The van der Waals surface area contributed by atoms with Crippen molar-refractivity contribution in [2.75, 3.05) is 13.7 Å². The third-order valence-electron chi connectivity index (χ3n) is 4.63. The van der Waals surface area contributed by atoms with Crippen molar-refractivity contribution in [2.24, 2.45) is 11.3 Å². The highest BCUT2D eigenvalue weighted by Gasteiger charge is 2.58. The van der Waals surface area contributed by atoms with Gasteiger partial charge in [-0.3, -0.25) is 0 Å². The summed E-state index contributed by atoms with van der Waals surface area (Å²) in [6, 6.07) is 4.56. The number of fused-ring (bicyclic) bond motifs is 1. The molecule has 2 aliphatic rings. The van der Waals surface area contributed by atoms with E-state index in [0.29, 0.717) is 23.9 Å². The third kappa shape index (κ3) is 2.13. The Balaban J connectivity index is 1.63. The number of aromatic nitrogens is 1. The zero-order valence-corrected chi connectivity index (χ0v) is 11.8. The first-order valence-corrected chi connectivity index (χ1v) is 6.97. The summed E-state index contributed by atoms with van der Waals surface area (Å²) in [7, 11) is 1.65. The van der Waals surface area contributed by atoms with E-state index in [1.165, 1.54) is 12.0 Å². The Hall–Kier alpha value is -1.13. The van der Waals surface area contributed by atoms with Crippen LogP contribution in [0.5, 0.6) is 5.88 Å². The van der Waals surface area contributed by atoms with E-state index in [-0.39, 0.29) is 5.41 Å². The summed E-state index contributed by atoms with van der Waals surface area (Å²) in [6.45, 7) is 6.37. The van der Waals surface area contributed by atoms with Crippen molar-refractivity contribution in [1.82, 2.24) is 10.3 Å². The minimum atomic E-state index is 0.234. The van der Waals surface area contributed by atoms with Crippen LogP contribution < -0.4 is 10.1 Å². The van der Waals surface area contributed by atoms with Crippen LogP contribution in [0.15, 0.2) is 18.3 Å². The zero-order chi connectivity index (χ0) is 13.5. The van der Waals surface area contributed by atoms with Crippen molar-refractivity contribution in [3.8, 4) is 5.88 Å². The summed E-state index contributed by atoms with van der Waals surface area (Å²) in [4.78, 5) is 4.13. The zero-order valence-electron chi connectivity index (χ0n) is 11.8. The second-order valence-electron chi connectivity index (χ2n) is 6.13. The molecule has 4 heteroatoms. The van der Waals surface area contributed by atoms with Crippen LogP contribution in [0, 0.1) is 11.3 Å². The smallest absolute Gasteiger partial charge is 0.213 e. The van der Waals surface area contributed by atoms with Gasteiger partial charge in [-0.05, 0) is 18.1 Å². The largest absolute Gasteiger partial charge is 0.481 e. The molecule has 19 heavy (non-hydrogen) atoms. The first-order valence-electron chi connectivity index (χ1n) is 6.97. The maximum absolute atomic E-state index is 5.82. The standard InChI is InChI=1S/C15H22N2O2/c1-15(2)13(11-5-7-19-14(11)15)17-9-10-4-6-16-12(8-10)18-3/h4,6,8,11,13-14,17H,5,7,9H2,1-3H3. The molecular formula is C15H22N2O2. The van der Waals surface area contributed by atoms with E-state index in [0.717, 1.165) is 13.2 Å². The summed E-state index contributed by atoms with van der Waals surface area (Å²) < 4.78 is 11.0. The average Bonchev–Trinajstić information content (AvgIpc) is 2.86. The lowest BCUT2D eigenvalue weighted by atomic mass is 9.57. The predicted octanol–water partition coefficient (Wildman–Crippen LogP) is 1.99. The van der Waals surface area contributed by atoms with Gasteiger partial charge in [0.25, 0.3) is 0 Å². The SMILES string of the molecule is COc1cc(CNC2C3CCOC3C2(C)C)ccn1.